The summed E-state index contributed by atoms with van der Waals surface area (Å²) in [7, 11) is 2.80. The van der Waals surface area contributed by atoms with E-state index in [-0.39, 0.29) is 11.7 Å². The first-order chi connectivity index (χ1) is 8.97. The summed E-state index contributed by atoms with van der Waals surface area (Å²) in [4.78, 5) is 11.3. The maximum Gasteiger partial charge on any atom is 0.320 e. The van der Waals surface area contributed by atoms with Crippen molar-refractivity contribution >= 4 is 15.2 Å². The van der Waals surface area contributed by atoms with Gasteiger partial charge >= 0.3 is 5.97 Å². The molecule has 0 amide bonds. The third-order valence-corrected chi connectivity index (χ3v) is 4.44. The number of rotatable bonds is 7. The van der Waals surface area contributed by atoms with Gasteiger partial charge in [0.25, 0.3) is 0 Å². The lowest BCUT2D eigenvalue weighted by Gasteiger charge is -2.29. The molecule has 1 rings (SSSR count). The van der Waals surface area contributed by atoms with Gasteiger partial charge in [-0.1, -0.05) is 38.3 Å². The van der Waals surface area contributed by atoms with Gasteiger partial charge in [-0.05, 0) is 38.0 Å². The summed E-state index contributed by atoms with van der Waals surface area (Å²) < 4.78 is 0. The second-order valence-corrected chi connectivity index (χ2v) is 6.46. The number of hydrogen-bond donors (Lipinski definition) is 2. The highest BCUT2D eigenvalue weighted by Gasteiger charge is 2.26. The molecule has 3 nitrogen and oxygen atoms in total. The lowest BCUT2D eigenvalue weighted by Crippen LogP contribution is -2.45. The van der Waals surface area contributed by atoms with Crippen LogP contribution in [0.25, 0.3) is 0 Å². The van der Waals surface area contributed by atoms with Crippen LogP contribution in [0.5, 0.6) is 0 Å². The molecule has 0 spiro atoms. The minimum Gasteiger partial charge on any atom is -0.480 e. The Labute approximate surface area is 119 Å². The zero-order valence-corrected chi connectivity index (χ0v) is 13.6. The Morgan fingerprint density at radius 1 is 1.37 bits per heavy atom. The second-order valence-electron chi connectivity index (χ2n) is 5.79. The molecule has 110 valence electrons. The Morgan fingerprint density at radius 3 is 2.53 bits per heavy atom. The van der Waals surface area contributed by atoms with Crippen LogP contribution in [-0.4, -0.2) is 22.9 Å². The largest absolute Gasteiger partial charge is 0.480 e. The minimum atomic E-state index is -0.754. The van der Waals surface area contributed by atoms with Gasteiger partial charge in [0.2, 0.25) is 0 Å². The van der Waals surface area contributed by atoms with Gasteiger partial charge in [-0.25, -0.2) is 0 Å². The van der Waals surface area contributed by atoms with Gasteiger partial charge in [-0.2, -0.15) is 0 Å². The summed E-state index contributed by atoms with van der Waals surface area (Å²) in [5.41, 5.74) is 2.99. The molecule has 19 heavy (non-hydrogen) atoms. The molecule has 2 N–H and O–H groups in total. The van der Waals surface area contributed by atoms with Crippen molar-refractivity contribution in [2.75, 3.05) is 0 Å². The van der Waals surface area contributed by atoms with Crippen LogP contribution in [0.1, 0.15) is 59.3 Å². The number of nitrogens with one attached hydrogen (secondary N) is 1. The predicted molar refractivity (Wildman–Crippen MR) is 83.3 cm³/mol. The van der Waals surface area contributed by atoms with Crippen LogP contribution in [-0.2, 0) is 4.79 Å². The SMILES string of the molecule is CCCC1=C(C(P)NC(C(=O)O)C(C)C)CCCC1. The quantitative estimate of drug-likeness (QED) is 0.555. The fourth-order valence-corrected chi connectivity index (χ4v) is 3.41. The maximum absolute atomic E-state index is 11.3. The van der Waals surface area contributed by atoms with Gasteiger partial charge in [-0.3, -0.25) is 10.1 Å². The molecule has 0 aromatic heterocycles. The molecule has 0 saturated carbocycles. The zero-order valence-electron chi connectivity index (χ0n) is 12.4. The molecular weight excluding hydrogens is 257 g/mol. The van der Waals surface area contributed by atoms with Crippen molar-refractivity contribution < 1.29 is 9.90 Å². The molecule has 0 aromatic rings. The second kappa shape index (κ2) is 8.01. The molecular formula is C15H28NO2P. The molecule has 4 heteroatoms. The zero-order chi connectivity index (χ0) is 14.4. The third kappa shape index (κ3) is 4.89. The number of carboxylic acid groups (broad SMARTS) is 1. The van der Waals surface area contributed by atoms with E-state index in [9.17, 15) is 9.90 Å². The van der Waals surface area contributed by atoms with Crippen LogP contribution in [0.4, 0.5) is 0 Å². The summed E-state index contributed by atoms with van der Waals surface area (Å²) in [5.74, 6) is -0.555. The van der Waals surface area contributed by atoms with Crippen molar-refractivity contribution in [2.45, 2.75) is 71.1 Å². The summed E-state index contributed by atoms with van der Waals surface area (Å²) in [6.07, 6.45) is 7.14. The van der Waals surface area contributed by atoms with Gasteiger partial charge in [0.1, 0.15) is 6.04 Å². The van der Waals surface area contributed by atoms with Gasteiger partial charge in [0.15, 0.2) is 0 Å². The first-order valence-electron chi connectivity index (χ1n) is 7.42. The van der Waals surface area contributed by atoms with Crippen molar-refractivity contribution in [1.82, 2.24) is 5.32 Å². The van der Waals surface area contributed by atoms with Crippen LogP contribution in [0.2, 0.25) is 0 Å². The molecule has 3 atom stereocenters. The predicted octanol–water partition coefficient (Wildman–Crippen LogP) is 3.56. The average Bonchev–Trinajstić information content (AvgIpc) is 2.36. The fourth-order valence-electron chi connectivity index (χ4n) is 2.80. The number of allylic oxidation sites excluding steroid dienone is 1. The Morgan fingerprint density at radius 2 is 2.00 bits per heavy atom. The molecule has 0 fully saturated rings. The van der Waals surface area contributed by atoms with Crippen LogP contribution in [0.15, 0.2) is 11.1 Å². The van der Waals surface area contributed by atoms with Crippen LogP contribution in [0, 0.1) is 5.92 Å². The molecule has 1 aliphatic carbocycles. The van der Waals surface area contributed by atoms with Crippen molar-refractivity contribution in [3.63, 3.8) is 0 Å². The van der Waals surface area contributed by atoms with Crippen LogP contribution >= 0.6 is 9.24 Å². The Balaban J connectivity index is 2.78. The summed E-state index contributed by atoms with van der Waals surface area (Å²) in [6.45, 7) is 6.11. The van der Waals surface area contributed by atoms with Crippen LogP contribution < -0.4 is 5.32 Å². The number of carbonyl (C=O) groups is 1. The molecule has 0 heterocycles. The number of hydrogen-bond acceptors (Lipinski definition) is 2. The van der Waals surface area contributed by atoms with E-state index in [2.05, 4.69) is 21.5 Å². The molecule has 0 aliphatic heterocycles. The normalized spacial score (nSPS) is 19.6. The van der Waals surface area contributed by atoms with Gasteiger partial charge in [0, 0.05) is 5.78 Å². The Hall–Kier alpha value is -0.400. The maximum atomic E-state index is 11.3. The number of carboxylic acids is 1. The van der Waals surface area contributed by atoms with E-state index < -0.39 is 12.0 Å². The summed E-state index contributed by atoms with van der Waals surface area (Å²) >= 11 is 0. The molecule has 1 aliphatic rings. The Kier molecular flexibility index (Phi) is 7.02. The molecule has 0 bridgehead atoms. The smallest absolute Gasteiger partial charge is 0.320 e. The van der Waals surface area contributed by atoms with E-state index in [1.807, 2.05) is 13.8 Å². The van der Waals surface area contributed by atoms with Gasteiger partial charge in [-0.15, -0.1) is 9.24 Å². The van der Waals surface area contributed by atoms with Crippen molar-refractivity contribution in [2.24, 2.45) is 5.92 Å². The fraction of sp³-hybridized carbons (Fsp3) is 0.800. The molecule has 0 radical (unpaired) electrons. The third-order valence-electron chi connectivity index (χ3n) is 3.85. The standard InChI is InChI=1S/C15H28NO2P/c1-4-7-11-8-5-6-9-12(11)14(19)16-13(10(2)3)15(17)18/h10,13-14,16H,4-9,19H2,1-3H3,(H,17,18). The average molecular weight is 285 g/mol. The van der Waals surface area contributed by atoms with Gasteiger partial charge in [0.05, 0.1) is 0 Å². The topological polar surface area (TPSA) is 49.3 Å². The van der Waals surface area contributed by atoms with Crippen molar-refractivity contribution in [1.29, 1.82) is 0 Å². The van der Waals surface area contributed by atoms with Crippen molar-refractivity contribution in [3.05, 3.63) is 11.1 Å². The number of aliphatic carboxylic acids is 1. The van der Waals surface area contributed by atoms with E-state index in [1.165, 1.54) is 31.3 Å². The summed E-state index contributed by atoms with van der Waals surface area (Å²) in [5, 5.41) is 12.6. The lowest BCUT2D eigenvalue weighted by atomic mass is 9.88. The monoisotopic (exact) mass is 285 g/mol. The van der Waals surface area contributed by atoms with Gasteiger partial charge < -0.3 is 5.11 Å². The highest BCUT2D eigenvalue weighted by atomic mass is 31.0. The minimum absolute atomic E-state index is 0.0966. The molecule has 3 unspecified atom stereocenters. The van der Waals surface area contributed by atoms with E-state index >= 15 is 0 Å². The lowest BCUT2D eigenvalue weighted by molar-refractivity contribution is -0.140. The van der Waals surface area contributed by atoms with E-state index in [0.29, 0.717) is 0 Å². The van der Waals surface area contributed by atoms with E-state index in [4.69, 9.17) is 0 Å². The van der Waals surface area contributed by atoms with Crippen LogP contribution in [0.3, 0.4) is 0 Å². The highest BCUT2D eigenvalue weighted by molar-refractivity contribution is 7.18. The van der Waals surface area contributed by atoms with E-state index in [1.54, 1.807) is 5.57 Å². The van der Waals surface area contributed by atoms with Crippen molar-refractivity contribution in [3.8, 4) is 0 Å². The molecule has 0 saturated heterocycles. The molecule has 0 aromatic carbocycles. The Bertz CT molecular complexity index is 339. The van der Waals surface area contributed by atoms with E-state index in [0.717, 1.165) is 12.8 Å². The summed E-state index contributed by atoms with van der Waals surface area (Å²) in [6, 6.07) is -0.472. The highest BCUT2D eigenvalue weighted by Crippen LogP contribution is 2.32. The first-order valence-corrected chi connectivity index (χ1v) is 8.09. The first kappa shape index (κ1) is 16.7.